The van der Waals surface area contributed by atoms with Crippen molar-refractivity contribution in [1.29, 1.82) is 0 Å². The third-order valence-corrected chi connectivity index (χ3v) is 8.00. The molecule has 3 aromatic rings. The molecule has 34 heavy (non-hydrogen) atoms. The van der Waals surface area contributed by atoms with E-state index in [1.54, 1.807) is 4.90 Å². The number of carbonyl (C=O) groups excluding carboxylic acids is 1. The summed E-state index contributed by atoms with van der Waals surface area (Å²) in [5, 5.41) is 4.81. The smallest absolute Gasteiger partial charge is 0.319 e. The third kappa shape index (κ3) is 5.69. The normalized spacial score (nSPS) is 18.0. The van der Waals surface area contributed by atoms with Crippen LogP contribution in [0.5, 0.6) is 0 Å². The van der Waals surface area contributed by atoms with Crippen molar-refractivity contribution in [3.8, 4) is 0 Å². The molecule has 0 spiro atoms. The molecule has 9 heteroatoms. The van der Waals surface area contributed by atoms with Crippen LogP contribution in [0.1, 0.15) is 25.7 Å². The van der Waals surface area contributed by atoms with E-state index < -0.39 is 6.03 Å². The summed E-state index contributed by atoms with van der Waals surface area (Å²) in [6.45, 7) is 0.597. The van der Waals surface area contributed by atoms with Gasteiger partial charge in [-0.3, -0.25) is 4.90 Å². The van der Waals surface area contributed by atoms with Crippen LogP contribution in [-0.2, 0) is 0 Å². The van der Waals surface area contributed by atoms with Gasteiger partial charge in [0.2, 0.25) is 0 Å². The molecule has 1 heterocycles. The van der Waals surface area contributed by atoms with Gasteiger partial charge in [-0.1, -0.05) is 34.1 Å². The summed E-state index contributed by atoms with van der Waals surface area (Å²) in [7, 11) is 4.12. The van der Waals surface area contributed by atoms with E-state index in [-0.39, 0.29) is 0 Å². The first-order valence-corrected chi connectivity index (χ1v) is 13.7. The molecule has 0 bridgehead atoms. The largest absolute Gasteiger partial charge is 0.377 e. The fourth-order valence-corrected chi connectivity index (χ4v) is 7.33. The first-order chi connectivity index (χ1) is 16.2. The lowest BCUT2D eigenvalue weighted by Crippen LogP contribution is -2.41. The number of urea groups is 1. The van der Waals surface area contributed by atoms with Crippen molar-refractivity contribution in [2.75, 3.05) is 35.8 Å². The van der Waals surface area contributed by atoms with Crippen molar-refractivity contribution < 1.29 is 4.79 Å². The SMILES string of the molecule is CN(C)c1cc(N[C@H]2CC[C@@H](CN(C(N)=O)c3c(Br)cc(Br)cc3Br)CC2)nc2ccccc12. The Bertz CT molecular complexity index is 1170. The molecule has 4 rings (SSSR count). The monoisotopic (exact) mass is 651 g/mol. The van der Waals surface area contributed by atoms with E-state index in [9.17, 15) is 4.79 Å². The molecule has 0 atom stereocenters. The van der Waals surface area contributed by atoms with Gasteiger partial charge < -0.3 is 16.0 Å². The minimum absolute atomic E-state index is 0.355. The van der Waals surface area contributed by atoms with E-state index in [2.05, 4.69) is 90.3 Å². The molecule has 2 aromatic carbocycles. The van der Waals surface area contributed by atoms with Gasteiger partial charge in [-0.25, -0.2) is 9.78 Å². The van der Waals surface area contributed by atoms with Crippen molar-refractivity contribution in [1.82, 2.24) is 4.98 Å². The number of hydrogen-bond acceptors (Lipinski definition) is 4. The maximum Gasteiger partial charge on any atom is 0.319 e. The number of primary amides is 1. The number of nitrogens with zero attached hydrogens (tertiary/aromatic N) is 3. The molecule has 1 fully saturated rings. The van der Waals surface area contributed by atoms with Crippen molar-refractivity contribution in [2.24, 2.45) is 11.7 Å². The lowest BCUT2D eigenvalue weighted by molar-refractivity contribution is 0.250. The van der Waals surface area contributed by atoms with Crippen LogP contribution in [0.2, 0.25) is 0 Å². The lowest BCUT2D eigenvalue weighted by Gasteiger charge is -2.33. The van der Waals surface area contributed by atoms with E-state index in [1.807, 2.05) is 24.3 Å². The Labute approximate surface area is 225 Å². The molecular weight excluding hydrogens is 626 g/mol. The molecule has 1 aromatic heterocycles. The van der Waals surface area contributed by atoms with Gasteiger partial charge in [0, 0.05) is 57.2 Å². The van der Waals surface area contributed by atoms with E-state index in [0.29, 0.717) is 18.5 Å². The predicted molar refractivity (Wildman–Crippen MR) is 152 cm³/mol. The van der Waals surface area contributed by atoms with Crippen LogP contribution in [0, 0.1) is 5.92 Å². The summed E-state index contributed by atoms with van der Waals surface area (Å²) in [6, 6.07) is 14.1. The van der Waals surface area contributed by atoms with Gasteiger partial charge >= 0.3 is 6.03 Å². The lowest BCUT2D eigenvalue weighted by atomic mass is 9.85. The zero-order valence-electron chi connectivity index (χ0n) is 19.2. The minimum atomic E-state index is -0.444. The molecule has 1 aliphatic carbocycles. The maximum atomic E-state index is 12.3. The number of nitrogens with one attached hydrogen (secondary N) is 1. The number of carbonyl (C=O) groups is 1. The molecule has 0 radical (unpaired) electrons. The van der Waals surface area contributed by atoms with Gasteiger partial charge in [0.25, 0.3) is 0 Å². The maximum absolute atomic E-state index is 12.3. The molecule has 2 amide bonds. The molecule has 1 saturated carbocycles. The number of rotatable bonds is 6. The van der Waals surface area contributed by atoms with E-state index in [1.165, 1.54) is 0 Å². The summed E-state index contributed by atoms with van der Waals surface area (Å²) >= 11 is 10.6. The third-order valence-electron chi connectivity index (χ3n) is 6.33. The quantitative estimate of drug-likeness (QED) is 0.297. The van der Waals surface area contributed by atoms with Gasteiger partial charge in [-0.05, 0) is 81.7 Å². The summed E-state index contributed by atoms with van der Waals surface area (Å²) in [6.07, 6.45) is 4.07. The van der Waals surface area contributed by atoms with Crippen LogP contribution in [0.4, 0.5) is 22.0 Å². The number of benzene rings is 2. The van der Waals surface area contributed by atoms with Crippen LogP contribution in [-0.4, -0.2) is 37.7 Å². The molecule has 6 nitrogen and oxygen atoms in total. The summed E-state index contributed by atoms with van der Waals surface area (Å²) in [5.41, 5.74) is 8.71. The highest BCUT2D eigenvalue weighted by molar-refractivity contribution is 9.11. The Morgan fingerprint density at radius 3 is 2.32 bits per heavy atom. The van der Waals surface area contributed by atoms with Crippen molar-refractivity contribution in [3.05, 3.63) is 55.9 Å². The van der Waals surface area contributed by atoms with Crippen LogP contribution in [0.15, 0.2) is 55.9 Å². The highest BCUT2D eigenvalue weighted by Crippen LogP contribution is 2.39. The van der Waals surface area contributed by atoms with Crippen molar-refractivity contribution in [3.63, 3.8) is 0 Å². The summed E-state index contributed by atoms with van der Waals surface area (Å²) < 4.78 is 2.56. The number of para-hydroxylation sites is 1. The number of hydrogen-bond donors (Lipinski definition) is 2. The summed E-state index contributed by atoms with van der Waals surface area (Å²) in [4.78, 5) is 21.0. The highest BCUT2D eigenvalue weighted by Gasteiger charge is 2.27. The number of aromatic nitrogens is 1. The fourth-order valence-electron chi connectivity index (χ4n) is 4.64. The molecule has 180 valence electrons. The average molecular weight is 654 g/mol. The standard InChI is InChI=1S/C25H28Br3N5O/c1-32(2)22-13-23(31-21-6-4-3-5-18(21)22)30-17-9-7-15(8-10-17)14-33(25(29)34)24-19(27)11-16(26)12-20(24)28/h3-6,11-13,15,17H,7-10,14H2,1-2H3,(H2,29,34)(H,30,31)/t15-,17+. The number of amides is 2. The van der Waals surface area contributed by atoms with E-state index in [4.69, 9.17) is 10.7 Å². The van der Waals surface area contributed by atoms with Gasteiger partial charge in [0.05, 0.1) is 11.2 Å². The number of halogens is 3. The van der Waals surface area contributed by atoms with Crippen molar-refractivity contribution >= 4 is 81.9 Å². The van der Waals surface area contributed by atoms with E-state index >= 15 is 0 Å². The molecule has 1 aliphatic rings. The molecule has 0 unspecified atom stereocenters. The number of fused-ring (bicyclic) bond motifs is 1. The summed E-state index contributed by atoms with van der Waals surface area (Å²) in [5.74, 6) is 1.29. The average Bonchev–Trinajstić information content (AvgIpc) is 2.78. The topological polar surface area (TPSA) is 74.5 Å². The minimum Gasteiger partial charge on any atom is -0.377 e. The van der Waals surface area contributed by atoms with Gasteiger partial charge in [0.1, 0.15) is 5.82 Å². The Balaban J connectivity index is 1.43. The zero-order valence-corrected chi connectivity index (χ0v) is 24.0. The second-order valence-corrected chi connectivity index (χ2v) is 11.6. The van der Waals surface area contributed by atoms with E-state index in [0.717, 1.165) is 67.2 Å². The van der Waals surface area contributed by atoms with Gasteiger partial charge in [0.15, 0.2) is 0 Å². The fraction of sp³-hybridized carbons (Fsp3) is 0.360. The highest BCUT2D eigenvalue weighted by atomic mass is 79.9. The Morgan fingerprint density at radius 2 is 1.71 bits per heavy atom. The van der Waals surface area contributed by atoms with Crippen LogP contribution < -0.4 is 20.9 Å². The van der Waals surface area contributed by atoms with Crippen LogP contribution in [0.3, 0.4) is 0 Å². The number of nitrogens with two attached hydrogens (primary N) is 1. The molecular formula is C25H28Br3N5O. The molecule has 3 N–H and O–H groups in total. The predicted octanol–water partition coefficient (Wildman–Crippen LogP) is 7.14. The zero-order chi connectivity index (χ0) is 24.4. The van der Waals surface area contributed by atoms with Crippen LogP contribution in [0.25, 0.3) is 10.9 Å². The molecule has 0 aliphatic heterocycles. The van der Waals surface area contributed by atoms with Crippen LogP contribution >= 0.6 is 47.8 Å². The Kier molecular flexibility index (Phi) is 8.05. The second-order valence-electron chi connectivity index (χ2n) is 8.97. The first-order valence-electron chi connectivity index (χ1n) is 11.3. The Hall–Kier alpha value is -1.84. The Morgan fingerprint density at radius 1 is 1.06 bits per heavy atom. The van der Waals surface area contributed by atoms with Gasteiger partial charge in [-0.15, -0.1) is 0 Å². The van der Waals surface area contributed by atoms with Crippen molar-refractivity contribution in [2.45, 2.75) is 31.7 Å². The van der Waals surface area contributed by atoms with Gasteiger partial charge in [-0.2, -0.15) is 0 Å². The number of pyridine rings is 1. The molecule has 0 saturated heterocycles. The first kappa shape index (κ1) is 25.3. The second kappa shape index (κ2) is 10.8. The number of anilines is 3.